The Kier molecular flexibility index (Phi) is 5.15. The van der Waals surface area contributed by atoms with Gasteiger partial charge in [-0.1, -0.05) is 23.7 Å². The van der Waals surface area contributed by atoms with Crippen LogP contribution >= 0.6 is 11.6 Å². The van der Waals surface area contributed by atoms with Crippen LogP contribution in [0.2, 0.25) is 5.02 Å². The van der Waals surface area contributed by atoms with E-state index in [0.29, 0.717) is 18.2 Å². The van der Waals surface area contributed by atoms with E-state index >= 15 is 0 Å². The van der Waals surface area contributed by atoms with Gasteiger partial charge in [-0.15, -0.1) is 0 Å². The number of benzene rings is 1. The molecule has 1 fully saturated rings. The molecule has 0 radical (unpaired) electrons. The molecule has 0 bridgehead atoms. The maximum Gasteiger partial charge on any atom is 0.255 e. The average molecular weight is 396 g/mol. The molecule has 1 aliphatic heterocycles. The Hall–Kier alpha value is -2.70. The van der Waals surface area contributed by atoms with Gasteiger partial charge in [-0.05, 0) is 36.8 Å². The Labute approximate surface area is 168 Å². The van der Waals surface area contributed by atoms with E-state index in [2.05, 4.69) is 22.1 Å². The van der Waals surface area contributed by atoms with Crippen molar-refractivity contribution < 1.29 is 0 Å². The summed E-state index contributed by atoms with van der Waals surface area (Å²) in [4.78, 5) is 23.6. The molecule has 6 nitrogen and oxygen atoms in total. The van der Waals surface area contributed by atoms with Gasteiger partial charge in [0.15, 0.2) is 0 Å². The van der Waals surface area contributed by atoms with Crippen LogP contribution in [-0.2, 0) is 7.05 Å². The van der Waals surface area contributed by atoms with Gasteiger partial charge in [0.2, 0.25) is 5.95 Å². The van der Waals surface area contributed by atoms with Crippen molar-refractivity contribution in [3.63, 3.8) is 0 Å². The summed E-state index contributed by atoms with van der Waals surface area (Å²) < 4.78 is 1.61. The number of hydrogen-bond donors (Lipinski definition) is 1. The van der Waals surface area contributed by atoms with Gasteiger partial charge in [0, 0.05) is 55.2 Å². The van der Waals surface area contributed by atoms with Crippen LogP contribution in [0.3, 0.4) is 0 Å². The Balaban J connectivity index is 1.70. The summed E-state index contributed by atoms with van der Waals surface area (Å²) >= 11 is 6.03. The number of piperazine rings is 1. The molecule has 1 aromatic carbocycles. The summed E-state index contributed by atoms with van der Waals surface area (Å²) in [6, 6.07) is 13.6. The molecule has 0 unspecified atom stereocenters. The molecule has 3 aromatic rings. The second-order valence-corrected chi connectivity index (χ2v) is 7.59. The van der Waals surface area contributed by atoms with Gasteiger partial charge in [-0.2, -0.15) is 0 Å². The van der Waals surface area contributed by atoms with Gasteiger partial charge in [-0.25, -0.2) is 4.98 Å². The molecule has 4 rings (SSSR count). The summed E-state index contributed by atoms with van der Waals surface area (Å²) in [5, 5.41) is 4.34. The summed E-state index contributed by atoms with van der Waals surface area (Å²) in [6.07, 6.45) is 3.41. The fourth-order valence-electron chi connectivity index (χ4n) is 3.62. The molecule has 7 heteroatoms. The molecule has 3 heterocycles. The highest BCUT2D eigenvalue weighted by Crippen LogP contribution is 2.25. The average Bonchev–Trinajstić information content (AvgIpc) is 2.70. The number of aromatic nitrogens is 3. The lowest BCUT2D eigenvalue weighted by atomic mass is 10.0. The summed E-state index contributed by atoms with van der Waals surface area (Å²) in [5.41, 5.74) is 2.63. The Morgan fingerprint density at radius 1 is 1.11 bits per heavy atom. The summed E-state index contributed by atoms with van der Waals surface area (Å²) in [7, 11) is 1.77. The van der Waals surface area contributed by atoms with Crippen molar-refractivity contribution in [1.29, 1.82) is 0 Å². The van der Waals surface area contributed by atoms with Gasteiger partial charge in [0.1, 0.15) is 0 Å². The highest BCUT2D eigenvalue weighted by molar-refractivity contribution is 6.30. The second kappa shape index (κ2) is 7.73. The van der Waals surface area contributed by atoms with Crippen LogP contribution in [0, 0.1) is 0 Å². The van der Waals surface area contributed by atoms with Gasteiger partial charge in [0.25, 0.3) is 5.56 Å². The Bertz CT molecular complexity index is 1020. The van der Waals surface area contributed by atoms with E-state index in [1.54, 1.807) is 30.1 Å². The third-order valence-electron chi connectivity index (χ3n) is 5.03. The minimum Gasteiger partial charge on any atom is -0.339 e. The van der Waals surface area contributed by atoms with Crippen molar-refractivity contribution >= 4 is 17.5 Å². The first-order valence-electron chi connectivity index (χ1n) is 9.26. The Morgan fingerprint density at radius 2 is 1.82 bits per heavy atom. The number of rotatable bonds is 3. The van der Waals surface area contributed by atoms with Crippen LogP contribution in [0.25, 0.3) is 11.3 Å². The molecule has 1 N–H and O–H groups in total. The van der Waals surface area contributed by atoms with Crippen molar-refractivity contribution in [2.45, 2.75) is 19.0 Å². The minimum atomic E-state index is -0.0777. The van der Waals surface area contributed by atoms with Gasteiger partial charge >= 0.3 is 0 Å². The van der Waals surface area contributed by atoms with E-state index in [4.69, 9.17) is 16.6 Å². The van der Waals surface area contributed by atoms with Crippen LogP contribution < -0.4 is 15.8 Å². The first-order chi connectivity index (χ1) is 13.5. The van der Waals surface area contributed by atoms with Gasteiger partial charge in [-0.3, -0.25) is 14.3 Å². The third-order valence-corrected chi connectivity index (χ3v) is 5.28. The lowest BCUT2D eigenvalue weighted by molar-refractivity contribution is 0.389. The zero-order valence-corrected chi connectivity index (χ0v) is 16.6. The van der Waals surface area contributed by atoms with E-state index in [0.717, 1.165) is 22.7 Å². The van der Waals surface area contributed by atoms with Crippen molar-refractivity contribution in [3.05, 3.63) is 75.8 Å². The van der Waals surface area contributed by atoms with E-state index in [9.17, 15) is 4.79 Å². The van der Waals surface area contributed by atoms with Gasteiger partial charge in [0.05, 0.1) is 11.7 Å². The minimum absolute atomic E-state index is 0.0777. The van der Waals surface area contributed by atoms with Gasteiger partial charge < -0.3 is 10.2 Å². The lowest BCUT2D eigenvalue weighted by Gasteiger charge is -2.39. The van der Waals surface area contributed by atoms with Crippen LogP contribution in [0.15, 0.2) is 59.7 Å². The number of halogens is 1. The highest BCUT2D eigenvalue weighted by Gasteiger charge is 2.27. The quantitative estimate of drug-likeness (QED) is 0.738. The second-order valence-electron chi connectivity index (χ2n) is 7.15. The largest absolute Gasteiger partial charge is 0.339 e. The fraction of sp³-hybridized carbons (Fsp3) is 0.286. The first kappa shape index (κ1) is 18.7. The Morgan fingerprint density at radius 3 is 2.54 bits per heavy atom. The normalized spacial score (nSPS) is 19.6. The van der Waals surface area contributed by atoms with Crippen LogP contribution in [0.1, 0.15) is 18.5 Å². The number of pyridine rings is 1. The summed E-state index contributed by atoms with van der Waals surface area (Å²) in [6.45, 7) is 3.62. The molecular weight excluding hydrogens is 374 g/mol. The molecule has 144 valence electrons. The molecule has 1 aliphatic rings. The highest BCUT2D eigenvalue weighted by atomic mass is 35.5. The molecule has 0 amide bonds. The smallest absolute Gasteiger partial charge is 0.255 e. The lowest BCUT2D eigenvalue weighted by Crippen LogP contribution is -2.52. The fourth-order valence-corrected chi connectivity index (χ4v) is 3.74. The molecule has 1 saturated heterocycles. The van der Waals surface area contributed by atoms with Crippen molar-refractivity contribution in [1.82, 2.24) is 19.9 Å². The number of nitrogens with zero attached hydrogens (tertiary/aromatic N) is 4. The van der Waals surface area contributed by atoms with Crippen LogP contribution in [-0.4, -0.2) is 33.7 Å². The molecule has 28 heavy (non-hydrogen) atoms. The molecule has 0 spiro atoms. The van der Waals surface area contributed by atoms with E-state index < -0.39 is 0 Å². The molecule has 0 saturated carbocycles. The molecular formula is C21H22ClN5O. The number of nitrogens with one attached hydrogen (secondary N) is 1. The molecule has 2 aromatic heterocycles. The third kappa shape index (κ3) is 3.79. The predicted octanol–water partition coefficient (Wildman–Crippen LogP) is 3.04. The first-order valence-corrected chi connectivity index (χ1v) is 9.64. The molecule has 0 aliphatic carbocycles. The SMILES string of the molecule is C[C@@H]1CN(c2nc(-c3ccncc3)cc(=O)n2C)C[C@H](c2ccc(Cl)cc2)N1. The van der Waals surface area contributed by atoms with Crippen LogP contribution in [0.4, 0.5) is 5.95 Å². The van der Waals surface area contributed by atoms with Crippen LogP contribution in [0.5, 0.6) is 0 Å². The number of anilines is 1. The van der Waals surface area contributed by atoms with Crippen molar-refractivity contribution in [2.24, 2.45) is 7.05 Å². The molecule has 2 atom stereocenters. The van der Waals surface area contributed by atoms with E-state index in [1.165, 1.54) is 0 Å². The zero-order chi connectivity index (χ0) is 19.7. The maximum atomic E-state index is 12.6. The van der Waals surface area contributed by atoms with Crippen molar-refractivity contribution in [3.8, 4) is 11.3 Å². The van der Waals surface area contributed by atoms with Crippen molar-refractivity contribution in [2.75, 3.05) is 18.0 Å². The maximum absolute atomic E-state index is 12.6. The monoisotopic (exact) mass is 395 g/mol. The van der Waals surface area contributed by atoms with E-state index in [1.807, 2.05) is 36.4 Å². The standard InChI is InChI=1S/C21H22ClN5O/c1-14-12-27(13-19(24-14)15-3-5-17(22)6-4-15)21-25-18(11-20(28)26(21)2)16-7-9-23-10-8-16/h3-11,14,19,24H,12-13H2,1-2H3/t14-,19-/m1/s1. The topological polar surface area (TPSA) is 63.1 Å². The van der Waals surface area contributed by atoms with E-state index in [-0.39, 0.29) is 17.6 Å². The zero-order valence-electron chi connectivity index (χ0n) is 15.8. The predicted molar refractivity (Wildman–Crippen MR) is 112 cm³/mol. The summed E-state index contributed by atoms with van der Waals surface area (Å²) in [5.74, 6) is 0.673. The number of hydrogen-bond acceptors (Lipinski definition) is 5.